The highest BCUT2D eigenvalue weighted by Crippen LogP contribution is 2.26. The third kappa shape index (κ3) is 21.5. The number of hydrogen-bond donors (Lipinski definition) is 17. The molecule has 1 saturated carbocycles. The predicted molar refractivity (Wildman–Crippen MR) is 287 cm³/mol. The standard InChI is InChI=1S/C51H87N15O12/c1-27(2)25-37-47(74)60-32(15-20-52)42(69)59-35(18-23-55)46(73)65-40(28(3)67)50(77)57-24-19-36(45(72)58-33(16-21-53)44(71)64-38(48(75)63-37)26-30-11-7-5-8-12-30)61-43(70)34(17-22-54)62-51(78)41(29(4)68)66-49(76)39(56)31-13-9-6-10-14-31/h5,7-8,11-12,27-29,31-41,67-68H,6,9-10,13-26,52-56H2,1-4H3,(H,57,77)(H,58,72)(H,59,69)(H,60,74)(H,61,70)(H,62,78)(H,63,75)(H,64,71)(H,65,73)(H,66,76)/t28?,29?,32-,33-,34-,35-,36-,37-,38+,39-,40-,41-/m0/s1. The molecule has 1 heterocycles. The van der Waals surface area contributed by atoms with E-state index >= 15 is 0 Å². The molecule has 0 aromatic heterocycles. The number of nitrogens with one attached hydrogen (secondary N) is 10. The molecule has 1 aliphatic carbocycles. The number of carbonyl (C=O) groups is 10. The van der Waals surface area contributed by atoms with Crippen LogP contribution in [0.2, 0.25) is 0 Å². The zero-order valence-electron chi connectivity index (χ0n) is 45.4. The second kappa shape index (κ2) is 33.8. The van der Waals surface area contributed by atoms with E-state index < -0.39 is 145 Å². The molecule has 1 aromatic rings. The third-order valence-corrected chi connectivity index (χ3v) is 13.6. The van der Waals surface area contributed by atoms with Crippen LogP contribution >= 0.6 is 0 Å². The van der Waals surface area contributed by atoms with Gasteiger partial charge in [-0.1, -0.05) is 63.4 Å². The van der Waals surface area contributed by atoms with Crippen molar-refractivity contribution in [3.63, 3.8) is 0 Å². The molecule has 1 saturated heterocycles. The molecule has 1 aromatic carbocycles. The average molecular weight is 1100 g/mol. The lowest BCUT2D eigenvalue weighted by atomic mass is 9.84. The molecule has 438 valence electrons. The quantitative estimate of drug-likeness (QED) is 0.0545. The fourth-order valence-electron chi connectivity index (χ4n) is 9.14. The van der Waals surface area contributed by atoms with Gasteiger partial charge in [0.2, 0.25) is 59.1 Å². The van der Waals surface area contributed by atoms with Crippen molar-refractivity contribution in [3.8, 4) is 0 Å². The zero-order valence-corrected chi connectivity index (χ0v) is 45.4. The summed E-state index contributed by atoms with van der Waals surface area (Å²) in [5.74, 6) is -9.22. The van der Waals surface area contributed by atoms with Crippen LogP contribution in [-0.2, 0) is 54.4 Å². The molecule has 0 radical (unpaired) electrons. The fraction of sp³-hybridized carbons (Fsp3) is 0.686. The average Bonchev–Trinajstić information content (AvgIpc) is 3.39. The Labute approximate surface area is 455 Å². The van der Waals surface area contributed by atoms with E-state index in [1.54, 1.807) is 44.2 Å². The van der Waals surface area contributed by atoms with E-state index in [1.165, 1.54) is 13.8 Å². The van der Waals surface area contributed by atoms with Crippen molar-refractivity contribution in [1.82, 2.24) is 53.2 Å². The van der Waals surface area contributed by atoms with Crippen LogP contribution in [0.5, 0.6) is 0 Å². The summed E-state index contributed by atoms with van der Waals surface area (Å²) >= 11 is 0. The van der Waals surface area contributed by atoms with Crippen LogP contribution in [-0.4, -0.2) is 175 Å². The number of aliphatic hydroxyl groups excluding tert-OH is 2. The number of carbonyl (C=O) groups excluding carboxylic acids is 10. The van der Waals surface area contributed by atoms with Gasteiger partial charge in [-0.3, -0.25) is 47.9 Å². The Morgan fingerprint density at radius 1 is 0.590 bits per heavy atom. The van der Waals surface area contributed by atoms with E-state index in [0.29, 0.717) is 18.4 Å². The highest BCUT2D eigenvalue weighted by Gasteiger charge is 2.38. The lowest BCUT2D eigenvalue weighted by Gasteiger charge is -2.30. The van der Waals surface area contributed by atoms with Crippen molar-refractivity contribution in [2.75, 3.05) is 32.7 Å². The molecule has 2 aliphatic rings. The van der Waals surface area contributed by atoms with Crippen LogP contribution in [0.3, 0.4) is 0 Å². The summed E-state index contributed by atoms with van der Waals surface area (Å²) in [7, 11) is 0. The molecule has 1 aliphatic heterocycles. The third-order valence-electron chi connectivity index (χ3n) is 13.6. The molecular weight excluding hydrogens is 1010 g/mol. The van der Waals surface area contributed by atoms with E-state index in [1.807, 2.05) is 0 Å². The molecule has 10 amide bonds. The van der Waals surface area contributed by atoms with Crippen LogP contribution in [0.25, 0.3) is 0 Å². The Bertz CT molecular complexity index is 2150. The lowest BCUT2D eigenvalue weighted by molar-refractivity contribution is -0.136. The van der Waals surface area contributed by atoms with Gasteiger partial charge in [0.15, 0.2) is 0 Å². The second-order valence-electron chi connectivity index (χ2n) is 20.5. The van der Waals surface area contributed by atoms with Crippen LogP contribution < -0.4 is 81.8 Å². The van der Waals surface area contributed by atoms with Crippen LogP contribution in [0, 0.1) is 11.8 Å². The first-order chi connectivity index (χ1) is 37.0. The normalized spacial score (nSPS) is 25.0. The number of hydrogen-bond acceptors (Lipinski definition) is 17. The van der Waals surface area contributed by atoms with Gasteiger partial charge in [-0.2, -0.15) is 0 Å². The number of amides is 10. The molecule has 3 rings (SSSR count). The van der Waals surface area contributed by atoms with E-state index in [4.69, 9.17) is 28.7 Å². The maximum absolute atomic E-state index is 14.5. The largest absolute Gasteiger partial charge is 0.391 e. The smallest absolute Gasteiger partial charge is 0.245 e. The Morgan fingerprint density at radius 3 is 1.60 bits per heavy atom. The van der Waals surface area contributed by atoms with Crippen LogP contribution in [0.1, 0.15) is 104 Å². The van der Waals surface area contributed by atoms with Crippen LogP contribution in [0.4, 0.5) is 0 Å². The lowest BCUT2D eigenvalue weighted by Crippen LogP contribution is -2.62. The van der Waals surface area contributed by atoms with Crippen molar-refractivity contribution in [3.05, 3.63) is 35.9 Å². The van der Waals surface area contributed by atoms with Crippen molar-refractivity contribution < 1.29 is 58.2 Å². The first-order valence-corrected chi connectivity index (χ1v) is 27.0. The molecule has 12 atom stereocenters. The van der Waals surface area contributed by atoms with Crippen molar-refractivity contribution in [2.45, 2.75) is 177 Å². The molecule has 0 bridgehead atoms. The summed E-state index contributed by atoms with van der Waals surface area (Å²) in [4.78, 5) is 140. The Morgan fingerprint density at radius 2 is 1.09 bits per heavy atom. The van der Waals surface area contributed by atoms with Gasteiger partial charge in [0.25, 0.3) is 0 Å². The summed E-state index contributed by atoms with van der Waals surface area (Å²) in [6.07, 6.45) is 0.0274. The number of aliphatic hydroxyl groups is 2. The van der Waals surface area contributed by atoms with Gasteiger partial charge in [0, 0.05) is 13.0 Å². The van der Waals surface area contributed by atoms with Gasteiger partial charge in [0.1, 0.15) is 54.4 Å². The molecular formula is C51H87N15O12. The van der Waals surface area contributed by atoms with Crippen LogP contribution in [0.15, 0.2) is 30.3 Å². The summed E-state index contributed by atoms with van der Waals surface area (Å²) in [6.45, 7) is 5.03. The highest BCUT2D eigenvalue weighted by atomic mass is 16.3. The number of rotatable bonds is 21. The molecule has 0 spiro atoms. The second-order valence-corrected chi connectivity index (χ2v) is 20.5. The summed E-state index contributed by atoms with van der Waals surface area (Å²) in [5, 5.41) is 47.0. The van der Waals surface area contributed by atoms with Gasteiger partial charge in [-0.15, -0.1) is 0 Å². The number of benzene rings is 1. The van der Waals surface area contributed by atoms with Crippen molar-refractivity contribution >= 4 is 59.1 Å². The Kier molecular flexibility index (Phi) is 28.6. The first-order valence-electron chi connectivity index (χ1n) is 27.0. The van der Waals surface area contributed by atoms with Crippen molar-refractivity contribution in [2.24, 2.45) is 40.5 Å². The van der Waals surface area contributed by atoms with Gasteiger partial charge < -0.3 is 92.0 Å². The SMILES string of the molecule is CC(C)C[C@@H]1NC(=O)[C@@H](Cc2ccccc2)NC(=O)[C@H](CCN)NC(=O)[C@@H](NC(=O)[C@H](CCN)NC(=O)[C@@H](NC(=O)[C@@H](N)C2CCCCC2)C(C)O)CCNC(=O)[C@H](C(C)O)NC(=O)[C@H](CCN)NC(=O)[C@H](CCN)NC1=O. The Hall–Kier alpha value is -6.36. The fourth-order valence-corrected chi connectivity index (χ4v) is 9.14. The maximum Gasteiger partial charge on any atom is 0.245 e. The summed E-state index contributed by atoms with van der Waals surface area (Å²) < 4.78 is 0. The molecule has 78 heavy (non-hydrogen) atoms. The Balaban J connectivity index is 2.09. The van der Waals surface area contributed by atoms with Gasteiger partial charge >= 0.3 is 0 Å². The minimum atomic E-state index is -1.66. The first kappa shape index (κ1) is 65.9. The minimum absolute atomic E-state index is 0.0586. The topological polar surface area (TPSA) is 462 Å². The zero-order chi connectivity index (χ0) is 58.1. The van der Waals surface area contributed by atoms with E-state index in [0.717, 1.165) is 19.3 Å². The highest BCUT2D eigenvalue weighted by molar-refractivity contribution is 5.99. The minimum Gasteiger partial charge on any atom is -0.391 e. The van der Waals surface area contributed by atoms with E-state index in [9.17, 15) is 58.2 Å². The van der Waals surface area contributed by atoms with Crippen molar-refractivity contribution in [1.29, 1.82) is 0 Å². The monoisotopic (exact) mass is 1100 g/mol. The molecule has 27 nitrogen and oxygen atoms in total. The summed E-state index contributed by atoms with van der Waals surface area (Å²) in [5.41, 5.74) is 30.4. The predicted octanol–water partition coefficient (Wildman–Crippen LogP) is -5.78. The molecule has 2 unspecified atom stereocenters. The summed E-state index contributed by atoms with van der Waals surface area (Å²) in [6, 6.07) is -5.60. The van der Waals surface area contributed by atoms with Gasteiger partial charge in [-0.25, -0.2) is 0 Å². The van der Waals surface area contributed by atoms with E-state index in [2.05, 4.69) is 53.2 Å². The van der Waals surface area contributed by atoms with Gasteiger partial charge in [0.05, 0.1) is 18.2 Å². The molecule has 27 heteroatoms. The maximum atomic E-state index is 14.5. The van der Waals surface area contributed by atoms with E-state index in [-0.39, 0.29) is 76.5 Å². The molecule has 2 fully saturated rings. The molecule has 22 N–H and O–H groups in total. The number of nitrogens with two attached hydrogens (primary N) is 5. The van der Waals surface area contributed by atoms with Gasteiger partial charge in [-0.05, 0) is 109 Å².